The van der Waals surface area contributed by atoms with Crippen molar-refractivity contribution in [3.05, 3.63) is 58.6 Å². The molecule has 0 radical (unpaired) electrons. The fourth-order valence-electron chi connectivity index (χ4n) is 4.98. The molecule has 1 heterocycles. The maximum Gasteiger partial charge on any atom is 0.406 e. The third kappa shape index (κ3) is 8.19. The molecule has 0 spiro atoms. The predicted molar refractivity (Wildman–Crippen MR) is 148 cm³/mol. The Hall–Kier alpha value is -2.61. The summed E-state index contributed by atoms with van der Waals surface area (Å²) in [5.74, 6) is 0.291. The molecule has 2 atom stereocenters. The molecule has 3 rings (SSSR count). The van der Waals surface area contributed by atoms with Gasteiger partial charge in [0.15, 0.2) is 0 Å². The second-order valence-electron chi connectivity index (χ2n) is 9.42. The van der Waals surface area contributed by atoms with Gasteiger partial charge in [0, 0.05) is 42.6 Å². The molecule has 1 fully saturated rings. The Morgan fingerprint density at radius 1 is 1.19 bits per heavy atom. The van der Waals surface area contributed by atoms with Gasteiger partial charge in [-0.2, -0.15) is 0 Å². The lowest BCUT2D eigenvalue weighted by Gasteiger charge is -2.38. The van der Waals surface area contributed by atoms with Crippen molar-refractivity contribution >= 4 is 23.6 Å². The molecule has 0 bridgehead atoms. The molecular weight excluding hydrogens is 490 g/mol. The van der Waals surface area contributed by atoms with Crippen LogP contribution in [0.2, 0.25) is 5.02 Å². The van der Waals surface area contributed by atoms with E-state index in [1.165, 1.54) is 12.7 Å². The first kappa shape index (κ1) is 29.0. The summed E-state index contributed by atoms with van der Waals surface area (Å²) in [4.78, 5) is 26.5. The molecule has 202 valence electrons. The van der Waals surface area contributed by atoms with E-state index < -0.39 is 6.09 Å². The van der Waals surface area contributed by atoms with Gasteiger partial charge in [0.25, 0.3) is 0 Å². The topological polar surface area (TPSA) is 79.9 Å². The zero-order valence-corrected chi connectivity index (χ0v) is 23.0. The average Bonchev–Trinajstić information content (AvgIpc) is 2.93. The lowest BCUT2D eigenvalue weighted by Crippen LogP contribution is -2.42. The van der Waals surface area contributed by atoms with Gasteiger partial charge in [-0.1, -0.05) is 54.9 Å². The van der Waals surface area contributed by atoms with E-state index in [2.05, 4.69) is 52.6 Å². The van der Waals surface area contributed by atoms with E-state index in [-0.39, 0.29) is 17.9 Å². The van der Waals surface area contributed by atoms with E-state index in [4.69, 9.17) is 16.3 Å². The van der Waals surface area contributed by atoms with Crippen LogP contribution in [0.5, 0.6) is 0 Å². The van der Waals surface area contributed by atoms with E-state index in [0.717, 1.165) is 55.5 Å². The van der Waals surface area contributed by atoms with Gasteiger partial charge < -0.3 is 25.0 Å². The zero-order valence-electron chi connectivity index (χ0n) is 22.2. The summed E-state index contributed by atoms with van der Waals surface area (Å²) < 4.78 is 11.2. The number of rotatable bonds is 12. The number of hydrogen-bond acceptors (Lipinski definition) is 5. The molecule has 1 saturated heterocycles. The molecule has 2 amide bonds. The van der Waals surface area contributed by atoms with Crippen molar-refractivity contribution in [2.24, 2.45) is 5.92 Å². The lowest BCUT2D eigenvalue weighted by atomic mass is 9.84. The Labute approximate surface area is 225 Å². The molecule has 7 nitrogen and oxygen atoms in total. The summed E-state index contributed by atoms with van der Waals surface area (Å²) in [7, 11) is 3.24. The summed E-state index contributed by atoms with van der Waals surface area (Å²) >= 11 is 6.81. The number of carbonyl (C=O) groups is 2. The Kier molecular flexibility index (Phi) is 11.7. The minimum Gasteiger partial charge on any atom is -0.453 e. The van der Waals surface area contributed by atoms with Crippen LogP contribution in [0.1, 0.15) is 49.8 Å². The summed E-state index contributed by atoms with van der Waals surface area (Å²) in [6.45, 7) is 5.00. The third-order valence-electron chi connectivity index (χ3n) is 6.89. The highest BCUT2D eigenvalue weighted by Crippen LogP contribution is 2.41. The zero-order chi connectivity index (χ0) is 26.6. The minimum absolute atomic E-state index is 0.103. The van der Waals surface area contributed by atoms with Gasteiger partial charge in [-0.05, 0) is 62.0 Å². The van der Waals surface area contributed by atoms with Crippen LogP contribution in [-0.4, -0.2) is 63.8 Å². The molecule has 8 heteroatoms. The maximum atomic E-state index is 12.9. The molecule has 1 aliphatic rings. The van der Waals surface area contributed by atoms with Crippen molar-refractivity contribution in [3.63, 3.8) is 0 Å². The number of methoxy groups -OCH3 is 1. The van der Waals surface area contributed by atoms with Crippen molar-refractivity contribution in [3.8, 4) is 11.1 Å². The predicted octanol–water partition coefficient (Wildman–Crippen LogP) is 5.22. The van der Waals surface area contributed by atoms with Gasteiger partial charge in [-0.25, -0.2) is 4.79 Å². The molecule has 0 aliphatic carbocycles. The Bertz CT molecular complexity index is 1030. The van der Waals surface area contributed by atoms with Gasteiger partial charge >= 0.3 is 6.09 Å². The second kappa shape index (κ2) is 15.0. The summed E-state index contributed by atoms with van der Waals surface area (Å²) in [5, 5.41) is 6.47. The minimum atomic E-state index is -0.490. The number of aryl methyl sites for hydroxylation is 1. The van der Waals surface area contributed by atoms with Crippen molar-refractivity contribution in [2.75, 3.05) is 46.9 Å². The standard InChI is InChI=1S/C29H40ClN3O4/c1-4-21-9-5-10-22(19-21)27-24(12-6-13-25(27)30)28(37-18-16-32-29(35)36-3)23-11-8-17-33(20-23)26(34)14-7-15-31-2/h5-6,9-10,12-13,19,23,28,31H,4,7-8,11,14-18,20H2,1-3H3,(H,32,35)/t23-,28-/m1/s1. The number of amides is 2. The number of benzene rings is 2. The number of likely N-dealkylation sites (tertiary alicyclic amines) is 1. The van der Waals surface area contributed by atoms with Crippen LogP contribution < -0.4 is 10.6 Å². The molecule has 37 heavy (non-hydrogen) atoms. The molecular formula is C29H40ClN3O4. The van der Waals surface area contributed by atoms with Gasteiger partial charge in [-0.3, -0.25) is 4.79 Å². The fraction of sp³-hybridized carbons (Fsp3) is 0.517. The number of carbonyl (C=O) groups excluding carboxylic acids is 2. The number of ether oxygens (including phenoxy) is 2. The monoisotopic (exact) mass is 529 g/mol. The number of hydrogen-bond donors (Lipinski definition) is 2. The Morgan fingerprint density at radius 2 is 2.00 bits per heavy atom. The van der Waals surface area contributed by atoms with E-state index in [1.54, 1.807) is 0 Å². The van der Waals surface area contributed by atoms with Crippen molar-refractivity contribution in [1.29, 1.82) is 0 Å². The Morgan fingerprint density at radius 3 is 2.76 bits per heavy atom. The average molecular weight is 530 g/mol. The van der Waals surface area contributed by atoms with Gasteiger partial charge in [0.1, 0.15) is 0 Å². The van der Waals surface area contributed by atoms with Crippen LogP contribution >= 0.6 is 11.6 Å². The van der Waals surface area contributed by atoms with E-state index in [1.807, 2.05) is 24.1 Å². The number of alkyl carbamates (subject to hydrolysis) is 1. The molecule has 1 aliphatic heterocycles. The smallest absolute Gasteiger partial charge is 0.406 e. The van der Waals surface area contributed by atoms with E-state index in [0.29, 0.717) is 31.1 Å². The first-order valence-electron chi connectivity index (χ1n) is 13.2. The first-order chi connectivity index (χ1) is 18.0. The highest BCUT2D eigenvalue weighted by molar-refractivity contribution is 6.33. The molecule has 0 aromatic heterocycles. The summed E-state index contributed by atoms with van der Waals surface area (Å²) in [5.41, 5.74) is 4.26. The van der Waals surface area contributed by atoms with Crippen molar-refractivity contribution in [2.45, 2.75) is 45.1 Å². The van der Waals surface area contributed by atoms with E-state index in [9.17, 15) is 9.59 Å². The van der Waals surface area contributed by atoms with Crippen LogP contribution in [0.3, 0.4) is 0 Å². The van der Waals surface area contributed by atoms with Gasteiger partial charge in [-0.15, -0.1) is 0 Å². The number of piperidine rings is 1. The van der Waals surface area contributed by atoms with Crippen molar-refractivity contribution in [1.82, 2.24) is 15.5 Å². The quantitative estimate of drug-likeness (QED) is 0.368. The molecule has 2 N–H and O–H groups in total. The van der Waals surface area contributed by atoms with Crippen molar-refractivity contribution < 1.29 is 19.1 Å². The first-order valence-corrected chi connectivity index (χ1v) is 13.6. The number of nitrogens with one attached hydrogen (secondary N) is 2. The highest BCUT2D eigenvalue weighted by atomic mass is 35.5. The van der Waals surface area contributed by atoms with Crippen LogP contribution in [0.15, 0.2) is 42.5 Å². The summed E-state index contributed by atoms with van der Waals surface area (Å²) in [6.07, 6.45) is 3.37. The van der Waals surface area contributed by atoms with Gasteiger partial charge in [0.2, 0.25) is 5.91 Å². The molecule has 0 saturated carbocycles. The SMILES string of the molecule is CCc1cccc(-c2c(Cl)cccc2[C@H](OCCNC(=O)OC)[C@@H]2CCCN(C(=O)CCCNC)C2)c1. The molecule has 0 unspecified atom stereocenters. The Balaban J connectivity index is 1.90. The third-order valence-corrected chi connectivity index (χ3v) is 7.20. The number of halogens is 1. The largest absolute Gasteiger partial charge is 0.453 e. The normalized spacial score (nSPS) is 16.3. The van der Waals surface area contributed by atoms with Crippen LogP contribution in [0.4, 0.5) is 4.79 Å². The second-order valence-corrected chi connectivity index (χ2v) is 9.82. The van der Waals surface area contributed by atoms with Gasteiger partial charge in [0.05, 0.1) is 19.8 Å². The van der Waals surface area contributed by atoms with Crippen LogP contribution in [0, 0.1) is 5.92 Å². The van der Waals surface area contributed by atoms with Crippen LogP contribution in [-0.2, 0) is 20.7 Å². The fourth-order valence-corrected chi connectivity index (χ4v) is 5.27. The summed E-state index contributed by atoms with van der Waals surface area (Å²) in [6, 6.07) is 14.4. The number of nitrogens with zero attached hydrogens (tertiary/aromatic N) is 1. The maximum absolute atomic E-state index is 12.9. The molecule has 2 aromatic carbocycles. The van der Waals surface area contributed by atoms with E-state index >= 15 is 0 Å². The highest BCUT2D eigenvalue weighted by Gasteiger charge is 2.33. The lowest BCUT2D eigenvalue weighted by molar-refractivity contribution is -0.134. The van der Waals surface area contributed by atoms with Crippen LogP contribution in [0.25, 0.3) is 11.1 Å². The molecule has 2 aromatic rings.